The number of anilines is 1. The number of carbonyl (C=O) groups excluding carboxylic acids is 1. The number of rotatable bonds is 3. The number of halogens is 1. The highest BCUT2D eigenvalue weighted by Gasteiger charge is 2.33. The second-order valence-electron chi connectivity index (χ2n) is 8.67. The first-order valence-corrected chi connectivity index (χ1v) is 11.1. The Morgan fingerprint density at radius 1 is 1.06 bits per heavy atom. The number of carbonyl (C=O) groups is 1. The van der Waals surface area contributed by atoms with Gasteiger partial charge in [-0.2, -0.15) is 0 Å². The van der Waals surface area contributed by atoms with Gasteiger partial charge < -0.3 is 14.3 Å². The lowest BCUT2D eigenvalue weighted by Gasteiger charge is -2.35. The van der Waals surface area contributed by atoms with Gasteiger partial charge in [-0.1, -0.05) is 5.16 Å². The third kappa shape index (κ3) is 3.97. The SMILES string of the molecule is Cc1cc(C)nc(N2CCC(C(=O)N3CCc4c(noc4-c4ccc(F)cc4)C3)CC2)n1. The summed E-state index contributed by atoms with van der Waals surface area (Å²) in [7, 11) is 0. The standard InChI is InChI=1S/C24H26FN5O2/c1-15-13-16(2)27-24(26-15)29-10-7-18(8-11-29)23(31)30-12-9-20-21(14-30)28-32-22(20)17-3-5-19(25)6-4-17/h3-6,13,18H,7-12,14H2,1-2H3. The number of benzene rings is 1. The zero-order chi connectivity index (χ0) is 22.2. The van der Waals surface area contributed by atoms with Crippen LogP contribution in [0.2, 0.25) is 0 Å². The molecule has 0 spiro atoms. The number of aromatic nitrogens is 3. The zero-order valence-electron chi connectivity index (χ0n) is 18.3. The van der Waals surface area contributed by atoms with Gasteiger partial charge in [-0.15, -0.1) is 0 Å². The van der Waals surface area contributed by atoms with Crippen molar-refractivity contribution in [2.24, 2.45) is 5.92 Å². The highest BCUT2D eigenvalue weighted by Crippen LogP contribution is 2.32. The maximum atomic E-state index is 13.2. The van der Waals surface area contributed by atoms with E-state index in [9.17, 15) is 9.18 Å². The van der Waals surface area contributed by atoms with Crippen molar-refractivity contribution in [1.82, 2.24) is 20.0 Å². The van der Waals surface area contributed by atoms with Crippen LogP contribution >= 0.6 is 0 Å². The van der Waals surface area contributed by atoms with Gasteiger partial charge in [0.15, 0.2) is 5.76 Å². The van der Waals surface area contributed by atoms with Gasteiger partial charge in [0.2, 0.25) is 11.9 Å². The summed E-state index contributed by atoms with van der Waals surface area (Å²) in [5.41, 5.74) is 4.54. The Morgan fingerprint density at radius 2 is 1.75 bits per heavy atom. The first kappa shape index (κ1) is 20.6. The van der Waals surface area contributed by atoms with Crippen LogP contribution in [0.25, 0.3) is 11.3 Å². The molecule has 2 aliphatic rings. The van der Waals surface area contributed by atoms with Gasteiger partial charge in [-0.05, 0) is 63.4 Å². The van der Waals surface area contributed by atoms with Crippen molar-refractivity contribution in [1.29, 1.82) is 0 Å². The van der Waals surface area contributed by atoms with Crippen molar-refractivity contribution < 1.29 is 13.7 Å². The molecule has 0 atom stereocenters. The van der Waals surface area contributed by atoms with Crippen molar-refractivity contribution in [2.75, 3.05) is 24.5 Å². The maximum Gasteiger partial charge on any atom is 0.226 e. The fourth-order valence-electron chi connectivity index (χ4n) is 4.68. The lowest BCUT2D eigenvalue weighted by molar-refractivity contribution is -0.137. The topological polar surface area (TPSA) is 75.4 Å². The molecule has 8 heteroatoms. The van der Waals surface area contributed by atoms with Crippen molar-refractivity contribution in [3.63, 3.8) is 0 Å². The van der Waals surface area contributed by atoms with Crippen LogP contribution in [0.3, 0.4) is 0 Å². The molecule has 0 saturated carbocycles. The summed E-state index contributed by atoms with van der Waals surface area (Å²) in [6, 6.07) is 8.19. The molecule has 2 aliphatic heterocycles. The van der Waals surface area contributed by atoms with Crippen LogP contribution in [0.5, 0.6) is 0 Å². The largest absolute Gasteiger partial charge is 0.356 e. The second-order valence-corrected chi connectivity index (χ2v) is 8.67. The quantitative estimate of drug-likeness (QED) is 0.625. The third-order valence-electron chi connectivity index (χ3n) is 6.36. The van der Waals surface area contributed by atoms with Gasteiger partial charge >= 0.3 is 0 Å². The number of amides is 1. The fraction of sp³-hybridized carbons (Fsp3) is 0.417. The zero-order valence-corrected chi connectivity index (χ0v) is 18.3. The number of aryl methyl sites for hydroxylation is 2. The van der Waals surface area contributed by atoms with E-state index in [1.165, 1.54) is 12.1 Å². The number of piperidine rings is 1. The molecular formula is C24H26FN5O2. The molecule has 3 aromatic rings. The molecule has 0 bridgehead atoms. The Kier molecular flexibility index (Phi) is 5.36. The van der Waals surface area contributed by atoms with Gasteiger partial charge in [0.1, 0.15) is 11.5 Å². The van der Waals surface area contributed by atoms with Crippen LogP contribution in [-0.4, -0.2) is 45.6 Å². The van der Waals surface area contributed by atoms with Gasteiger partial charge in [0.25, 0.3) is 0 Å². The monoisotopic (exact) mass is 435 g/mol. The fourth-order valence-corrected chi connectivity index (χ4v) is 4.68. The van der Waals surface area contributed by atoms with E-state index < -0.39 is 0 Å². The number of hydrogen-bond donors (Lipinski definition) is 0. The minimum Gasteiger partial charge on any atom is -0.356 e. The molecular weight excluding hydrogens is 409 g/mol. The highest BCUT2D eigenvalue weighted by molar-refractivity contribution is 5.79. The average Bonchev–Trinajstić information content (AvgIpc) is 3.22. The van der Waals surface area contributed by atoms with Gasteiger partial charge in [-0.25, -0.2) is 14.4 Å². The molecule has 7 nitrogen and oxygen atoms in total. The van der Waals surface area contributed by atoms with Crippen molar-refractivity contribution in [2.45, 2.75) is 39.7 Å². The van der Waals surface area contributed by atoms with Gasteiger partial charge in [0.05, 0.1) is 6.54 Å². The van der Waals surface area contributed by atoms with E-state index in [0.29, 0.717) is 25.3 Å². The van der Waals surface area contributed by atoms with Crippen molar-refractivity contribution >= 4 is 11.9 Å². The second kappa shape index (κ2) is 8.33. The average molecular weight is 436 g/mol. The molecule has 0 aliphatic carbocycles. The minimum atomic E-state index is -0.283. The van der Waals surface area contributed by atoms with E-state index >= 15 is 0 Å². The Labute approximate surface area is 186 Å². The Balaban J connectivity index is 1.23. The van der Waals surface area contributed by atoms with Crippen LogP contribution in [0.4, 0.5) is 10.3 Å². The van der Waals surface area contributed by atoms with Gasteiger partial charge in [0, 0.05) is 48.1 Å². The lowest BCUT2D eigenvalue weighted by atomic mass is 9.93. The molecule has 1 fully saturated rings. The lowest BCUT2D eigenvalue weighted by Crippen LogP contribution is -2.44. The minimum absolute atomic E-state index is 0.00201. The van der Waals surface area contributed by atoms with Crippen LogP contribution in [0.1, 0.15) is 35.5 Å². The van der Waals surface area contributed by atoms with Crippen molar-refractivity contribution in [3.05, 3.63) is 58.8 Å². The summed E-state index contributed by atoms with van der Waals surface area (Å²) >= 11 is 0. The number of hydrogen-bond acceptors (Lipinski definition) is 6. The number of nitrogens with zero attached hydrogens (tertiary/aromatic N) is 5. The summed E-state index contributed by atoms with van der Waals surface area (Å²) < 4.78 is 18.8. The van der Waals surface area contributed by atoms with Crippen LogP contribution in [0, 0.1) is 25.6 Å². The third-order valence-corrected chi connectivity index (χ3v) is 6.36. The summed E-state index contributed by atoms with van der Waals surface area (Å²) in [5.74, 6) is 1.33. The molecule has 0 unspecified atom stereocenters. The highest BCUT2D eigenvalue weighted by atomic mass is 19.1. The Hall–Kier alpha value is -3.29. The summed E-state index contributed by atoms with van der Waals surface area (Å²) in [4.78, 5) is 26.4. The van der Waals surface area contributed by atoms with Crippen LogP contribution < -0.4 is 4.90 Å². The van der Waals surface area contributed by atoms with E-state index in [1.807, 2.05) is 24.8 Å². The molecule has 5 rings (SSSR count). The first-order valence-electron chi connectivity index (χ1n) is 11.1. The molecule has 0 radical (unpaired) electrons. The molecule has 2 aromatic heterocycles. The predicted octanol–water partition coefficient (Wildman–Crippen LogP) is 3.69. The molecule has 1 aromatic carbocycles. The molecule has 1 saturated heterocycles. The summed E-state index contributed by atoms with van der Waals surface area (Å²) in [5, 5.41) is 4.21. The first-order chi connectivity index (χ1) is 15.5. The van der Waals surface area contributed by atoms with E-state index in [-0.39, 0.29) is 17.6 Å². The maximum absolute atomic E-state index is 13.2. The van der Waals surface area contributed by atoms with E-state index in [1.54, 1.807) is 12.1 Å². The predicted molar refractivity (Wildman–Crippen MR) is 117 cm³/mol. The van der Waals surface area contributed by atoms with Gasteiger partial charge in [-0.3, -0.25) is 4.79 Å². The van der Waals surface area contributed by atoms with E-state index in [2.05, 4.69) is 20.0 Å². The normalized spacial score (nSPS) is 16.8. The van der Waals surface area contributed by atoms with E-state index in [0.717, 1.165) is 60.1 Å². The smallest absolute Gasteiger partial charge is 0.226 e. The molecule has 1 amide bonds. The summed E-state index contributed by atoms with van der Waals surface area (Å²) in [6.45, 7) is 6.60. The number of fused-ring (bicyclic) bond motifs is 1. The van der Waals surface area contributed by atoms with Crippen LogP contribution in [-0.2, 0) is 17.8 Å². The Morgan fingerprint density at radius 3 is 2.44 bits per heavy atom. The van der Waals surface area contributed by atoms with Crippen molar-refractivity contribution in [3.8, 4) is 11.3 Å². The van der Waals surface area contributed by atoms with Crippen LogP contribution in [0.15, 0.2) is 34.9 Å². The van der Waals surface area contributed by atoms with E-state index in [4.69, 9.17) is 4.52 Å². The summed E-state index contributed by atoms with van der Waals surface area (Å²) in [6.07, 6.45) is 2.27. The molecule has 4 heterocycles. The molecule has 32 heavy (non-hydrogen) atoms. The Bertz CT molecular complexity index is 1120. The molecule has 0 N–H and O–H groups in total. The molecule has 166 valence electrons.